The summed E-state index contributed by atoms with van der Waals surface area (Å²) in [6, 6.07) is 5.91. The van der Waals surface area contributed by atoms with Gasteiger partial charge in [0.1, 0.15) is 5.75 Å². The first-order valence-corrected chi connectivity index (χ1v) is 5.56. The third-order valence-electron chi connectivity index (χ3n) is 2.84. The van der Waals surface area contributed by atoms with Crippen LogP contribution in [-0.2, 0) is 6.42 Å². The average molecular weight is 232 g/mol. The number of ether oxygens (including phenoxy) is 1. The molecule has 0 bridgehead atoms. The maximum absolute atomic E-state index is 5.75. The first-order chi connectivity index (χ1) is 8.17. The van der Waals surface area contributed by atoms with Gasteiger partial charge in [-0.2, -0.15) is 0 Å². The molecule has 0 atom stereocenters. The van der Waals surface area contributed by atoms with Crippen molar-refractivity contribution < 1.29 is 9.26 Å². The Kier molecular flexibility index (Phi) is 3.04. The molecule has 4 heteroatoms. The number of nitrogens with zero attached hydrogens (tertiary/aromatic N) is 1. The fraction of sp³-hybridized carbons (Fsp3) is 0.308. The van der Waals surface area contributed by atoms with Crippen LogP contribution in [0, 0.1) is 6.92 Å². The van der Waals surface area contributed by atoms with Crippen molar-refractivity contribution in [2.45, 2.75) is 20.3 Å². The lowest BCUT2D eigenvalue weighted by atomic mass is 10.0. The van der Waals surface area contributed by atoms with Crippen molar-refractivity contribution in [1.29, 1.82) is 0 Å². The maximum Gasteiger partial charge on any atom is 0.172 e. The van der Waals surface area contributed by atoms with Gasteiger partial charge in [0.15, 0.2) is 11.6 Å². The number of rotatable bonds is 3. The third kappa shape index (κ3) is 1.98. The molecule has 0 aliphatic rings. The van der Waals surface area contributed by atoms with E-state index in [0.29, 0.717) is 5.82 Å². The number of methoxy groups -OCH3 is 1. The predicted octanol–water partition coefficient (Wildman–Crippen LogP) is 2.80. The van der Waals surface area contributed by atoms with Gasteiger partial charge in [-0.25, -0.2) is 0 Å². The summed E-state index contributed by atoms with van der Waals surface area (Å²) >= 11 is 0. The van der Waals surface area contributed by atoms with Gasteiger partial charge in [-0.1, -0.05) is 24.2 Å². The molecule has 2 N–H and O–H groups in total. The van der Waals surface area contributed by atoms with Crippen LogP contribution in [0.3, 0.4) is 0 Å². The fourth-order valence-corrected chi connectivity index (χ4v) is 1.85. The molecule has 90 valence electrons. The van der Waals surface area contributed by atoms with E-state index in [9.17, 15) is 0 Å². The van der Waals surface area contributed by atoms with Gasteiger partial charge >= 0.3 is 0 Å². The molecule has 0 amide bonds. The molecule has 0 saturated carbocycles. The van der Waals surface area contributed by atoms with Gasteiger partial charge in [0.05, 0.1) is 7.11 Å². The van der Waals surface area contributed by atoms with Gasteiger partial charge in [-0.05, 0) is 25.0 Å². The molecule has 1 heterocycles. The van der Waals surface area contributed by atoms with E-state index in [2.05, 4.69) is 5.16 Å². The second-order valence-corrected chi connectivity index (χ2v) is 3.91. The van der Waals surface area contributed by atoms with Gasteiger partial charge in [-0.15, -0.1) is 0 Å². The number of anilines is 1. The summed E-state index contributed by atoms with van der Waals surface area (Å²) < 4.78 is 10.6. The number of nitrogens with two attached hydrogens (primary N) is 1. The van der Waals surface area contributed by atoms with E-state index in [4.69, 9.17) is 15.0 Å². The lowest BCUT2D eigenvalue weighted by molar-refractivity contribution is 0.410. The summed E-state index contributed by atoms with van der Waals surface area (Å²) in [6.45, 7) is 4.02. The van der Waals surface area contributed by atoms with Crippen LogP contribution < -0.4 is 10.5 Å². The van der Waals surface area contributed by atoms with Gasteiger partial charge in [0.25, 0.3) is 0 Å². The van der Waals surface area contributed by atoms with E-state index in [1.807, 2.05) is 32.0 Å². The number of aryl methyl sites for hydroxylation is 1. The highest BCUT2D eigenvalue weighted by molar-refractivity contribution is 5.68. The van der Waals surface area contributed by atoms with Gasteiger partial charge in [0, 0.05) is 11.1 Å². The molecule has 0 aliphatic heterocycles. The van der Waals surface area contributed by atoms with E-state index in [0.717, 1.165) is 34.6 Å². The number of hydrogen-bond acceptors (Lipinski definition) is 4. The smallest absolute Gasteiger partial charge is 0.172 e. The van der Waals surface area contributed by atoms with Crippen molar-refractivity contribution in [2.75, 3.05) is 12.8 Å². The SMILES string of the molecule is CCc1c(N)noc1-c1ccc(C)c(OC)c1. The molecule has 0 aliphatic carbocycles. The molecule has 0 spiro atoms. The molecule has 1 aromatic heterocycles. The molecule has 0 radical (unpaired) electrons. The second kappa shape index (κ2) is 4.49. The molecule has 17 heavy (non-hydrogen) atoms. The molecule has 0 saturated heterocycles. The number of benzene rings is 1. The van der Waals surface area contributed by atoms with Crippen LogP contribution in [0.4, 0.5) is 5.82 Å². The first kappa shape index (κ1) is 11.5. The normalized spacial score (nSPS) is 10.5. The minimum Gasteiger partial charge on any atom is -0.496 e. The average Bonchev–Trinajstić information content (AvgIpc) is 2.71. The van der Waals surface area contributed by atoms with Crippen molar-refractivity contribution in [3.8, 4) is 17.1 Å². The molecular formula is C13H16N2O2. The zero-order chi connectivity index (χ0) is 12.4. The topological polar surface area (TPSA) is 61.3 Å². The Balaban J connectivity index is 2.52. The van der Waals surface area contributed by atoms with Crippen LogP contribution in [0.5, 0.6) is 5.75 Å². The molecular weight excluding hydrogens is 216 g/mol. The highest BCUT2D eigenvalue weighted by Gasteiger charge is 2.14. The Morgan fingerprint density at radius 1 is 1.41 bits per heavy atom. The lowest BCUT2D eigenvalue weighted by Crippen LogP contribution is -1.92. The van der Waals surface area contributed by atoms with Crippen molar-refractivity contribution in [3.05, 3.63) is 29.3 Å². The van der Waals surface area contributed by atoms with Crippen molar-refractivity contribution >= 4 is 5.82 Å². The van der Waals surface area contributed by atoms with Gasteiger partial charge in [0.2, 0.25) is 0 Å². The van der Waals surface area contributed by atoms with E-state index in [1.165, 1.54) is 0 Å². The summed E-state index contributed by atoms with van der Waals surface area (Å²) in [5.41, 5.74) is 8.72. The number of aromatic nitrogens is 1. The van der Waals surface area contributed by atoms with Crippen LogP contribution in [0.25, 0.3) is 11.3 Å². The van der Waals surface area contributed by atoms with Gasteiger partial charge < -0.3 is 15.0 Å². The zero-order valence-corrected chi connectivity index (χ0v) is 10.3. The summed E-state index contributed by atoms with van der Waals surface area (Å²) in [5, 5.41) is 3.80. The highest BCUT2D eigenvalue weighted by Crippen LogP contribution is 2.31. The molecule has 0 fully saturated rings. The van der Waals surface area contributed by atoms with E-state index in [1.54, 1.807) is 7.11 Å². The minimum absolute atomic E-state index is 0.460. The Morgan fingerprint density at radius 2 is 2.18 bits per heavy atom. The molecule has 1 aromatic carbocycles. The van der Waals surface area contributed by atoms with E-state index >= 15 is 0 Å². The van der Waals surface area contributed by atoms with Crippen LogP contribution >= 0.6 is 0 Å². The number of hydrogen-bond donors (Lipinski definition) is 1. The van der Waals surface area contributed by atoms with Crippen molar-refractivity contribution in [1.82, 2.24) is 5.16 Å². The standard InChI is InChI=1S/C13H16N2O2/c1-4-10-12(17-15-13(10)14)9-6-5-8(2)11(7-9)16-3/h5-7H,4H2,1-3H3,(H2,14,15). The fourth-order valence-electron chi connectivity index (χ4n) is 1.85. The molecule has 4 nitrogen and oxygen atoms in total. The summed E-state index contributed by atoms with van der Waals surface area (Å²) in [5.74, 6) is 2.02. The number of nitrogen functional groups attached to an aromatic ring is 1. The van der Waals surface area contributed by atoms with Gasteiger partial charge in [-0.3, -0.25) is 0 Å². The predicted molar refractivity (Wildman–Crippen MR) is 67.0 cm³/mol. The van der Waals surface area contributed by atoms with Crippen LogP contribution in [0.2, 0.25) is 0 Å². The van der Waals surface area contributed by atoms with Crippen LogP contribution in [0.15, 0.2) is 22.7 Å². The van der Waals surface area contributed by atoms with Crippen molar-refractivity contribution in [2.24, 2.45) is 0 Å². The Hall–Kier alpha value is -1.97. The second-order valence-electron chi connectivity index (χ2n) is 3.91. The Bertz CT molecular complexity index is 532. The Morgan fingerprint density at radius 3 is 2.82 bits per heavy atom. The van der Waals surface area contributed by atoms with E-state index < -0.39 is 0 Å². The summed E-state index contributed by atoms with van der Waals surface area (Å²) in [4.78, 5) is 0. The highest BCUT2D eigenvalue weighted by atomic mass is 16.5. The lowest BCUT2D eigenvalue weighted by Gasteiger charge is -2.06. The van der Waals surface area contributed by atoms with E-state index in [-0.39, 0.29) is 0 Å². The Labute approximate surface area is 100 Å². The molecule has 2 aromatic rings. The minimum atomic E-state index is 0.460. The van der Waals surface area contributed by atoms with Crippen LogP contribution in [0.1, 0.15) is 18.1 Å². The largest absolute Gasteiger partial charge is 0.496 e. The van der Waals surface area contributed by atoms with Crippen molar-refractivity contribution in [3.63, 3.8) is 0 Å². The summed E-state index contributed by atoms with van der Waals surface area (Å²) in [7, 11) is 1.65. The monoisotopic (exact) mass is 232 g/mol. The molecule has 0 unspecified atom stereocenters. The maximum atomic E-state index is 5.75. The zero-order valence-electron chi connectivity index (χ0n) is 10.3. The first-order valence-electron chi connectivity index (χ1n) is 5.56. The molecule has 2 rings (SSSR count). The quantitative estimate of drug-likeness (QED) is 0.883. The third-order valence-corrected chi connectivity index (χ3v) is 2.84. The van der Waals surface area contributed by atoms with Crippen LogP contribution in [-0.4, -0.2) is 12.3 Å². The summed E-state index contributed by atoms with van der Waals surface area (Å²) in [6.07, 6.45) is 0.793.